The summed E-state index contributed by atoms with van der Waals surface area (Å²) in [4.78, 5) is 0. The van der Waals surface area contributed by atoms with Crippen molar-refractivity contribution in [3.05, 3.63) is 0 Å². The lowest BCUT2D eigenvalue weighted by molar-refractivity contribution is -0.0110. The second-order valence-electron chi connectivity index (χ2n) is 2.78. The summed E-state index contributed by atoms with van der Waals surface area (Å²) in [5.74, 6) is -0.965. The lowest BCUT2D eigenvalue weighted by Crippen LogP contribution is -2.31. The number of aliphatic hydroxyl groups excluding tert-OH is 1. The van der Waals surface area contributed by atoms with Crippen molar-refractivity contribution in [2.24, 2.45) is 5.92 Å². The molecule has 2 atom stereocenters. The first-order chi connectivity index (χ1) is 5.79. The summed E-state index contributed by atoms with van der Waals surface area (Å²) in [5, 5.41) is 26.4. The van der Waals surface area contributed by atoms with Gasteiger partial charge in [-0.3, -0.25) is 0 Å². The maximum atomic E-state index is 9.44. The fraction of sp³-hybridized carbons (Fsp3) is 0.750. The number of nitrogens with zero attached hydrogens (tertiary/aromatic N) is 2. The van der Waals surface area contributed by atoms with Gasteiger partial charge in [0.2, 0.25) is 0 Å². The van der Waals surface area contributed by atoms with E-state index in [2.05, 4.69) is 0 Å². The Balaban J connectivity index is 2.52. The second-order valence-corrected chi connectivity index (χ2v) is 2.78. The van der Waals surface area contributed by atoms with E-state index in [1.165, 1.54) is 0 Å². The van der Waals surface area contributed by atoms with Crippen LogP contribution in [0, 0.1) is 28.6 Å². The molecule has 4 heteroatoms. The Morgan fingerprint density at radius 1 is 1.42 bits per heavy atom. The first kappa shape index (κ1) is 8.99. The van der Waals surface area contributed by atoms with Crippen LogP contribution in [-0.2, 0) is 4.74 Å². The van der Waals surface area contributed by atoms with Gasteiger partial charge < -0.3 is 9.84 Å². The first-order valence-electron chi connectivity index (χ1n) is 3.88. The third-order valence-electron chi connectivity index (χ3n) is 1.97. The highest BCUT2D eigenvalue weighted by Crippen LogP contribution is 2.19. The van der Waals surface area contributed by atoms with Crippen LogP contribution >= 0.6 is 0 Å². The lowest BCUT2D eigenvalue weighted by Gasteiger charge is -2.16. The minimum atomic E-state index is -0.965. The third-order valence-corrected chi connectivity index (χ3v) is 1.97. The summed E-state index contributed by atoms with van der Waals surface area (Å²) in [5.41, 5.74) is 0. The molecule has 0 spiro atoms. The van der Waals surface area contributed by atoms with Gasteiger partial charge in [0, 0.05) is 6.61 Å². The molecule has 0 aromatic rings. The van der Waals surface area contributed by atoms with Crippen LogP contribution in [0.25, 0.3) is 0 Å². The largest absolute Gasteiger partial charge is 0.388 e. The van der Waals surface area contributed by atoms with Crippen molar-refractivity contribution in [3.8, 4) is 12.1 Å². The van der Waals surface area contributed by atoms with Crippen molar-refractivity contribution in [1.82, 2.24) is 0 Å². The van der Waals surface area contributed by atoms with E-state index in [1.54, 1.807) is 12.1 Å². The third kappa shape index (κ3) is 1.73. The molecule has 0 aromatic heterocycles. The molecule has 0 bridgehead atoms. The Bertz CT molecular complexity index is 208. The van der Waals surface area contributed by atoms with Crippen molar-refractivity contribution >= 4 is 0 Å². The molecule has 12 heavy (non-hydrogen) atoms. The summed E-state index contributed by atoms with van der Waals surface area (Å²) in [7, 11) is 0. The van der Waals surface area contributed by atoms with Crippen LogP contribution in [0.1, 0.15) is 12.8 Å². The standard InChI is InChI=1S/C8H10N2O2/c9-4-6(5-10)8(11)7-2-1-3-12-7/h6-8,11H,1-3H2. The Hall–Kier alpha value is -1.10. The van der Waals surface area contributed by atoms with Gasteiger partial charge in [-0.05, 0) is 12.8 Å². The van der Waals surface area contributed by atoms with Crippen molar-refractivity contribution in [2.45, 2.75) is 25.0 Å². The minimum absolute atomic E-state index is 0.325. The van der Waals surface area contributed by atoms with Crippen molar-refractivity contribution < 1.29 is 9.84 Å². The summed E-state index contributed by atoms with van der Waals surface area (Å²) in [6.07, 6.45) is 0.351. The van der Waals surface area contributed by atoms with Crippen LogP contribution in [0.2, 0.25) is 0 Å². The minimum Gasteiger partial charge on any atom is -0.388 e. The number of rotatable bonds is 2. The highest BCUT2D eigenvalue weighted by atomic mass is 16.5. The van der Waals surface area contributed by atoms with Crippen LogP contribution < -0.4 is 0 Å². The Kier molecular flexibility index (Phi) is 3.04. The summed E-state index contributed by atoms with van der Waals surface area (Å²) >= 11 is 0. The molecule has 1 aliphatic rings. The lowest BCUT2D eigenvalue weighted by atomic mass is 9.99. The molecule has 1 N–H and O–H groups in total. The predicted molar refractivity (Wildman–Crippen MR) is 39.7 cm³/mol. The predicted octanol–water partition coefficient (Wildman–Crippen LogP) is 0.190. The van der Waals surface area contributed by atoms with E-state index < -0.39 is 12.0 Å². The molecular weight excluding hydrogens is 156 g/mol. The Morgan fingerprint density at radius 2 is 2.08 bits per heavy atom. The van der Waals surface area contributed by atoms with Crippen LogP contribution in [0.5, 0.6) is 0 Å². The van der Waals surface area contributed by atoms with Crippen molar-refractivity contribution in [2.75, 3.05) is 6.61 Å². The number of hydrogen-bond acceptors (Lipinski definition) is 4. The molecule has 0 saturated carbocycles. The molecule has 1 aliphatic heterocycles. The fourth-order valence-electron chi connectivity index (χ4n) is 1.27. The zero-order valence-electron chi connectivity index (χ0n) is 6.60. The Labute approximate surface area is 71.0 Å². The number of ether oxygens (including phenoxy) is 1. The van der Waals surface area contributed by atoms with Gasteiger partial charge in [0.25, 0.3) is 0 Å². The maximum absolute atomic E-state index is 9.44. The SMILES string of the molecule is N#CC(C#N)C(O)C1CCCO1. The molecule has 64 valence electrons. The molecule has 0 aromatic carbocycles. The molecule has 1 fully saturated rings. The fourth-order valence-corrected chi connectivity index (χ4v) is 1.27. The summed E-state index contributed by atoms with van der Waals surface area (Å²) in [6, 6.07) is 3.47. The zero-order chi connectivity index (χ0) is 8.97. The number of hydrogen-bond donors (Lipinski definition) is 1. The van der Waals surface area contributed by atoms with Crippen LogP contribution in [0.15, 0.2) is 0 Å². The summed E-state index contributed by atoms with van der Waals surface area (Å²) in [6.45, 7) is 0.616. The smallest absolute Gasteiger partial charge is 0.161 e. The number of nitriles is 2. The highest BCUT2D eigenvalue weighted by Gasteiger charge is 2.30. The van der Waals surface area contributed by atoms with Gasteiger partial charge in [-0.15, -0.1) is 0 Å². The maximum Gasteiger partial charge on any atom is 0.161 e. The van der Waals surface area contributed by atoms with E-state index in [1.807, 2.05) is 0 Å². The van der Waals surface area contributed by atoms with E-state index >= 15 is 0 Å². The van der Waals surface area contributed by atoms with Gasteiger partial charge in [0.1, 0.15) is 6.10 Å². The molecule has 0 amide bonds. The van der Waals surface area contributed by atoms with Gasteiger partial charge in [0.15, 0.2) is 5.92 Å². The van der Waals surface area contributed by atoms with E-state index in [-0.39, 0.29) is 6.10 Å². The van der Waals surface area contributed by atoms with E-state index in [0.29, 0.717) is 6.61 Å². The van der Waals surface area contributed by atoms with Gasteiger partial charge >= 0.3 is 0 Å². The average molecular weight is 166 g/mol. The van der Waals surface area contributed by atoms with Gasteiger partial charge in [-0.2, -0.15) is 10.5 Å². The molecule has 2 unspecified atom stereocenters. The van der Waals surface area contributed by atoms with Crippen molar-refractivity contribution in [1.29, 1.82) is 10.5 Å². The monoisotopic (exact) mass is 166 g/mol. The van der Waals surface area contributed by atoms with Crippen LogP contribution in [0.4, 0.5) is 0 Å². The quantitative estimate of drug-likeness (QED) is 0.635. The normalized spacial score (nSPS) is 24.8. The molecule has 0 aliphatic carbocycles. The molecule has 1 saturated heterocycles. The molecule has 0 radical (unpaired) electrons. The molecule has 1 rings (SSSR count). The molecular formula is C8H10N2O2. The zero-order valence-corrected chi connectivity index (χ0v) is 6.60. The topological polar surface area (TPSA) is 77.0 Å². The first-order valence-corrected chi connectivity index (χ1v) is 3.88. The van der Waals surface area contributed by atoms with Gasteiger partial charge in [-0.1, -0.05) is 0 Å². The van der Waals surface area contributed by atoms with Crippen molar-refractivity contribution in [3.63, 3.8) is 0 Å². The van der Waals surface area contributed by atoms with E-state index in [4.69, 9.17) is 15.3 Å². The van der Waals surface area contributed by atoms with Crippen LogP contribution in [-0.4, -0.2) is 23.9 Å². The highest BCUT2D eigenvalue weighted by molar-refractivity contribution is 5.05. The van der Waals surface area contributed by atoms with Gasteiger partial charge in [0.05, 0.1) is 18.2 Å². The average Bonchev–Trinajstić information content (AvgIpc) is 2.58. The van der Waals surface area contributed by atoms with E-state index in [9.17, 15) is 5.11 Å². The van der Waals surface area contributed by atoms with E-state index in [0.717, 1.165) is 12.8 Å². The molecule has 4 nitrogen and oxygen atoms in total. The Morgan fingerprint density at radius 3 is 2.50 bits per heavy atom. The second kappa shape index (κ2) is 4.06. The number of aliphatic hydroxyl groups is 1. The van der Waals surface area contributed by atoms with Gasteiger partial charge in [-0.25, -0.2) is 0 Å². The molecule has 1 heterocycles. The van der Waals surface area contributed by atoms with Crippen LogP contribution in [0.3, 0.4) is 0 Å². The summed E-state index contributed by atoms with van der Waals surface area (Å²) < 4.78 is 5.15.